The van der Waals surface area contributed by atoms with E-state index in [4.69, 9.17) is 4.74 Å². The molecule has 0 aliphatic carbocycles. The van der Waals surface area contributed by atoms with Gasteiger partial charge in [0.25, 0.3) is 5.91 Å². The number of carbonyl (C=O) groups is 2. The van der Waals surface area contributed by atoms with E-state index in [-0.39, 0.29) is 35.3 Å². The van der Waals surface area contributed by atoms with Gasteiger partial charge in [-0.1, -0.05) is 18.2 Å². The van der Waals surface area contributed by atoms with Crippen LogP contribution in [0.1, 0.15) is 53.6 Å². The molecule has 0 radical (unpaired) electrons. The summed E-state index contributed by atoms with van der Waals surface area (Å²) in [4.78, 5) is 25.7. The second-order valence-corrected chi connectivity index (χ2v) is 11.5. The zero-order chi connectivity index (χ0) is 26.3. The molecule has 1 aliphatic rings. The summed E-state index contributed by atoms with van der Waals surface area (Å²) in [7, 11) is -3.94. The van der Waals surface area contributed by atoms with Gasteiger partial charge in [0, 0.05) is 29.8 Å². The number of fused-ring (bicyclic) bond motifs is 1. The van der Waals surface area contributed by atoms with Gasteiger partial charge in [-0.15, -0.1) is 0 Å². The summed E-state index contributed by atoms with van der Waals surface area (Å²) in [6.07, 6.45) is 0.665. The highest BCUT2D eigenvalue weighted by atomic mass is 32.2. The van der Waals surface area contributed by atoms with Crippen molar-refractivity contribution in [3.05, 3.63) is 82.4 Å². The monoisotopic (exact) mass is 512 g/mol. The summed E-state index contributed by atoms with van der Waals surface area (Å²) < 4.78 is 47.2. The molecule has 190 valence electrons. The van der Waals surface area contributed by atoms with Gasteiger partial charge in [0.15, 0.2) is 0 Å². The number of nitrogens with one attached hydrogen (secondary N) is 1. The molecule has 2 heterocycles. The molecule has 0 saturated heterocycles. The highest BCUT2D eigenvalue weighted by molar-refractivity contribution is 7.91. The zero-order valence-electron chi connectivity index (χ0n) is 20.7. The van der Waals surface area contributed by atoms with Gasteiger partial charge >= 0.3 is 5.97 Å². The smallest absolute Gasteiger partial charge is 0.325 e. The van der Waals surface area contributed by atoms with E-state index in [1.54, 1.807) is 29.7 Å². The molecule has 1 aliphatic heterocycles. The largest absolute Gasteiger partial charge is 0.465 e. The summed E-state index contributed by atoms with van der Waals surface area (Å²) in [5.74, 6) is -1.20. The van der Waals surface area contributed by atoms with Crippen LogP contribution in [0.25, 0.3) is 0 Å². The highest BCUT2D eigenvalue weighted by Gasteiger charge is 2.37. The third-order valence-corrected chi connectivity index (χ3v) is 8.26. The van der Waals surface area contributed by atoms with E-state index < -0.39 is 27.2 Å². The number of nitrogens with zero attached hydrogens (tertiary/aromatic N) is 1. The molecule has 2 aromatic carbocycles. The Hall–Kier alpha value is -3.46. The number of halogens is 1. The minimum Gasteiger partial charge on any atom is -0.465 e. The molecule has 7 nitrogen and oxygen atoms in total. The molecule has 0 fully saturated rings. The lowest BCUT2D eigenvalue weighted by Gasteiger charge is -2.32. The fourth-order valence-corrected chi connectivity index (χ4v) is 6.24. The van der Waals surface area contributed by atoms with E-state index >= 15 is 0 Å². The summed E-state index contributed by atoms with van der Waals surface area (Å²) in [6, 6.07) is 11.3. The molecule has 36 heavy (non-hydrogen) atoms. The fourth-order valence-electron chi connectivity index (χ4n) is 4.75. The lowest BCUT2D eigenvalue weighted by atomic mass is 9.89. The van der Waals surface area contributed by atoms with Crippen LogP contribution in [0.5, 0.6) is 0 Å². The van der Waals surface area contributed by atoms with Crippen molar-refractivity contribution in [1.29, 1.82) is 0 Å². The number of rotatable bonds is 7. The summed E-state index contributed by atoms with van der Waals surface area (Å²) in [5, 5.41) is 3.01. The standard InChI is InChI=1S/C27H29FN2O5S/c1-5-35-24(31)16-30-17(2)21(25-22(30)15-27(3,4)29-26(25)32)14-18-8-6-7-9-23(18)36(33,34)20-12-10-19(28)11-13-20/h6-13H,5,14-16H2,1-4H3,(H,29,32). The minimum absolute atomic E-state index is 0.0190. The van der Waals surface area contributed by atoms with Crippen molar-refractivity contribution in [3.63, 3.8) is 0 Å². The van der Waals surface area contributed by atoms with Crippen LogP contribution in [0.2, 0.25) is 0 Å². The summed E-state index contributed by atoms with van der Waals surface area (Å²) in [5.41, 5.74) is 2.54. The van der Waals surface area contributed by atoms with Gasteiger partial charge in [-0.05, 0) is 69.2 Å². The number of hydrogen-bond donors (Lipinski definition) is 1. The Morgan fingerprint density at radius 2 is 1.81 bits per heavy atom. The van der Waals surface area contributed by atoms with Gasteiger partial charge in [-0.3, -0.25) is 9.59 Å². The Morgan fingerprint density at radius 1 is 1.14 bits per heavy atom. The van der Waals surface area contributed by atoms with E-state index in [2.05, 4.69) is 5.32 Å². The van der Waals surface area contributed by atoms with Crippen molar-refractivity contribution in [2.24, 2.45) is 0 Å². The van der Waals surface area contributed by atoms with Crippen LogP contribution in [-0.2, 0) is 38.8 Å². The van der Waals surface area contributed by atoms with Crippen molar-refractivity contribution in [2.45, 2.75) is 62.4 Å². The maximum absolute atomic E-state index is 13.4. The van der Waals surface area contributed by atoms with Gasteiger partial charge in [0.1, 0.15) is 12.4 Å². The normalized spacial score (nSPS) is 14.8. The predicted octanol–water partition coefficient (Wildman–Crippen LogP) is 3.99. The van der Waals surface area contributed by atoms with E-state index in [1.807, 2.05) is 20.8 Å². The Balaban J connectivity index is 1.83. The third kappa shape index (κ3) is 4.80. The van der Waals surface area contributed by atoms with Crippen LogP contribution in [0.4, 0.5) is 4.39 Å². The number of benzene rings is 2. The van der Waals surface area contributed by atoms with E-state index in [0.717, 1.165) is 17.8 Å². The Kier molecular flexibility index (Phi) is 6.79. The molecule has 9 heteroatoms. The topological polar surface area (TPSA) is 94.5 Å². The Labute approximate surface area is 210 Å². The molecule has 1 aromatic heterocycles. The van der Waals surface area contributed by atoms with Crippen LogP contribution in [-0.4, -0.2) is 37.0 Å². The van der Waals surface area contributed by atoms with Crippen LogP contribution in [0, 0.1) is 12.7 Å². The number of amides is 1. The van der Waals surface area contributed by atoms with Gasteiger partial charge in [0.05, 0.1) is 22.0 Å². The number of carbonyl (C=O) groups excluding carboxylic acids is 2. The lowest BCUT2D eigenvalue weighted by Crippen LogP contribution is -2.49. The Morgan fingerprint density at radius 3 is 2.47 bits per heavy atom. The van der Waals surface area contributed by atoms with Crippen LogP contribution >= 0.6 is 0 Å². The molecular formula is C27H29FN2O5S. The van der Waals surface area contributed by atoms with Gasteiger partial charge in [0.2, 0.25) is 9.84 Å². The molecule has 0 spiro atoms. The Bertz CT molecular complexity index is 1440. The second kappa shape index (κ2) is 9.54. The molecule has 0 unspecified atom stereocenters. The maximum Gasteiger partial charge on any atom is 0.325 e. The number of sulfone groups is 1. The lowest BCUT2D eigenvalue weighted by molar-refractivity contribution is -0.143. The maximum atomic E-state index is 13.4. The predicted molar refractivity (Wildman–Crippen MR) is 132 cm³/mol. The van der Waals surface area contributed by atoms with E-state index in [1.165, 1.54) is 18.2 Å². The fraction of sp³-hybridized carbons (Fsp3) is 0.333. The third-order valence-electron chi connectivity index (χ3n) is 6.39. The van der Waals surface area contributed by atoms with Gasteiger partial charge in [-0.25, -0.2) is 12.8 Å². The van der Waals surface area contributed by atoms with Gasteiger partial charge < -0.3 is 14.6 Å². The first-order valence-electron chi connectivity index (χ1n) is 11.7. The molecule has 4 rings (SSSR count). The van der Waals surface area contributed by atoms with Gasteiger partial charge in [-0.2, -0.15) is 0 Å². The number of aromatic nitrogens is 1. The molecule has 0 atom stereocenters. The average molecular weight is 513 g/mol. The van der Waals surface area contributed by atoms with Crippen LogP contribution in [0.15, 0.2) is 58.3 Å². The summed E-state index contributed by atoms with van der Waals surface area (Å²) in [6.45, 7) is 7.58. The SMILES string of the molecule is CCOC(=O)Cn1c(C)c(Cc2ccccc2S(=O)(=O)c2ccc(F)cc2)c2c1CC(C)(C)NC2=O. The second-order valence-electron chi connectivity index (χ2n) is 9.53. The zero-order valence-corrected chi connectivity index (χ0v) is 21.5. The average Bonchev–Trinajstić information content (AvgIpc) is 3.04. The number of ether oxygens (including phenoxy) is 1. The molecule has 1 N–H and O–H groups in total. The number of hydrogen-bond acceptors (Lipinski definition) is 5. The quantitative estimate of drug-likeness (QED) is 0.382. The first-order valence-corrected chi connectivity index (χ1v) is 13.2. The minimum atomic E-state index is -3.94. The van der Waals surface area contributed by atoms with Crippen LogP contribution in [0.3, 0.4) is 0 Å². The van der Waals surface area contributed by atoms with Crippen molar-refractivity contribution < 1.29 is 27.1 Å². The molecule has 3 aromatic rings. The number of esters is 1. The van der Waals surface area contributed by atoms with Crippen molar-refractivity contribution >= 4 is 21.7 Å². The van der Waals surface area contributed by atoms with E-state index in [9.17, 15) is 22.4 Å². The van der Waals surface area contributed by atoms with Crippen molar-refractivity contribution in [3.8, 4) is 0 Å². The highest BCUT2D eigenvalue weighted by Crippen LogP contribution is 2.34. The van der Waals surface area contributed by atoms with Crippen molar-refractivity contribution in [2.75, 3.05) is 6.61 Å². The molecular weight excluding hydrogens is 483 g/mol. The summed E-state index contributed by atoms with van der Waals surface area (Å²) >= 11 is 0. The van der Waals surface area contributed by atoms with Crippen LogP contribution < -0.4 is 5.32 Å². The first-order chi connectivity index (χ1) is 16.9. The molecule has 0 saturated carbocycles. The van der Waals surface area contributed by atoms with Crippen molar-refractivity contribution in [1.82, 2.24) is 9.88 Å². The molecule has 0 bridgehead atoms. The van der Waals surface area contributed by atoms with E-state index in [0.29, 0.717) is 28.8 Å². The first kappa shape index (κ1) is 25.6. The molecule has 1 amide bonds.